The topological polar surface area (TPSA) is 38.7 Å². The molecule has 0 radical (unpaired) electrons. The first kappa shape index (κ1) is 6.83. The van der Waals surface area contributed by atoms with Crippen molar-refractivity contribution in [2.45, 2.75) is 32.3 Å². The Morgan fingerprint density at radius 1 is 1.64 bits per heavy atom. The molecule has 3 nitrogen and oxygen atoms in total. The predicted octanol–water partition coefficient (Wildman–Crippen LogP) is 1.13. The highest BCUT2D eigenvalue weighted by Gasteiger charge is 2.39. The summed E-state index contributed by atoms with van der Waals surface area (Å²) in [5.41, 5.74) is 0.861. The SMILES string of the molecule is CC1=NOC2CCCC(=O)C12. The lowest BCUT2D eigenvalue weighted by Crippen LogP contribution is -2.33. The highest BCUT2D eigenvalue weighted by atomic mass is 16.6. The third-order valence-electron chi connectivity index (χ3n) is 2.41. The van der Waals surface area contributed by atoms with E-state index in [2.05, 4.69) is 5.16 Å². The number of carbonyl (C=O) groups is 1. The number of rotatable bonds is 0. The molecule has 2 rings (SSSR count). The van der Waals surface area contributed by atoms with Gasteiger partial charge in [0.05, 0.1) is 11.6 Å². The zero-order valence-electron chi connectivity index (χ0n) is 6.54. The fraction of sp³-hybridized carbons (Fsp3) is 0.750. The van der Waals surface area contributed by atoms with E-state index in [1.54, 1.807) is 0 Å². The van der Waals surface area contributed by atoms with Gasteiger partial charge in [-0.1, -0.05) is 5.16 Å². The van der Waals surface area contributed by atoms with Gasteiger partial charge >= 0.3 is 0 Å². The maximum Gasteiger partial charge on any atom is 0.145 e. The smallest absolute Gasteiger partial charge is 0.145 e. The Hall–Kier alpha value is -0.860. The lowest BCUT2D eigenvalue weighted by atomic mass is 9.83. The lowest BCUT2D eigenvalue weighted by Gasteiger charge is -2.21. The Labute approximate surface area is 65.4 Å². The van der Waals surface area contributed by atoms with Crippen LogP contribution in [0, 0.1) is 5.92 Å². The van der Waals surface area contributed by atoms with Crippen LogP contribution in [0.4, 0.5) is 0 Å². The van der Waals surface area contributed by atoms with Gasteiger partial charge in [-0.05, 0) is 19.8 Å². The summed E-state index contributed by atoms with van der Waals surface area (Å²) in [6.45, 7) is 1.87. The van der Waals surface area contributed by atoms with Crippen LogP contribution >= 0.6 is 0 Å². The molecule has 1 saturated carbocycles. The summed E-state index contributed by atoms with van der Waals surface area (Å²) in [5.74, 6) is 0.295. The molecule has 0 spiro atoms. The number of ketones is 1. The summed E-state index contributed by atoms with van der Waals surface area (Å²) < 4.78 is 0. The van der Waals surface area contributed by atoms with E-state index in [0.29, 0.717) is 12.2 Å². The molecule has 0 aromatic carbocycles. The molecule has 0 amide bonds. The quantitative estimate of drug-likeness (QED) is 0.523. The normalized spacial score (nSPS) is 36.1. The van der Waals surface area contributed by atoms with Crippen molar-refractivity contribution in [2.24, 2.45) is 11.1 Å². The molecular formula is C8H11NO2. The molecule has 0 saturated heterocycles. The molecule has 2 aliphatic rings. The van der Waals surface area contributed by atoms with Crippen LogP contribution in [0.5, 0.6) is 0 Å². The summed E-state index contributed by atoms with van der Waals surface area (Å²) in [6.07, 6.45) is 2.72. The Kier molecular flexibility index (Phi) is 1.44. The summed E-state index contributed by atoms with van der Waals surface area (Å²) in [5, 5.41) is 3.83. The predicted molar refractivity (Wildman–Crippen MR) is 40.3 cm³/mol. The summed E-state index contributed by atoms with van der Waals surface area (Å²) in [6, 6.07) is 0. The molecule has 11 heavy (non-hydrogen) atoms. The Morgan fingerprint density at radius 3 is 3.18 bits per heavy atom. The molecule has 60 valence electrons. The van der Waals surface area contributed by atoms with Crippen LogP contribution in [-0.2, 0) is 9.63 Å². The van der Waals surface area contributed by atoms with Gasteiger partial charge in [-0.25, -0.2) is 0 Å². The van der Waals surface area contributed by atoms with E-state index in [0.717, 1.165) is 18.6 Å². The van der Waals surface area contributed by atoms with Crippen LogP contribution in [0.1, 0.15) is 26.2 Å². The van der Waals surface area contributed by atoms with Crippen molar-refractivity contribution in [3.63, 3.8) is 0 Å². The van der Waals surface area contributed by atoms with Crippen molar-refractivity contribution in [3.8, 4) is 0 Å². The number of fused-ring (bicyclic) bond motifs is 1. The van der Waals surface area contributed by atoms with E-state index < -0.39 is 0 Å². The van der Waals surface area contributed by atoms with E-state index in [9.17, 15) is 4.79 Å². The van der Waals surface area contributed by atoms with E-state index in [-0.39, 0.29) is 12.0 Å². The monoisotopic (exact) mass is 153 g/mol. The van der Waals surface area contributed by atoms with Gasteiger partial charge < -0.3 is 4.84 Å². The van der Waals surface area contributed by atoms with Gasteiger partial charge in [0.15, 0.2) is 0 Å². The minimum absolute atomic E-state index is 0.0104. The van der Waals surface area contributed by atoms with Gasteiger partial charge in [-0.15, -0.1) is 0 Å². The van der Waals surface area contributed by atoms with Crippen molar-refractivity contribution in [2.75, 3.05) is 0 Å². The second kappa shape index (κ2) is 2.32. The zero-order chi connectivity index (χ0) is 7.84. The van der Waals surface area contributed by atoms with Gasteiger partial charge in [0, 0.05) is 6.42 Å². The minimum atomic E-state index is -0.0104. The number of carbonyl (C=O) groups excluding carboxylic acids is 1. The zero-order valence-corrected chi connectivity index (χ0v) is 6.54. The number of oxime groups is 1. The second-order valence-corrected chi connectivity index (χ2v) is 3.21. The van der Waals surface area contributed by atoms with Gasteiger partial charge in [-0.2, -0.15) is 0 Å². The Balaban J connectivity index is 2.21. The third kappa shape index (κ3) is 0.951. The van der Waals surface area contributed by atoms with Crippen LogP contribution in [-0.4, -0.2) is 17.6 Å². The largest absolute Gasteiger partial charge is 0.391 e. The maximum atomic E-state index is 11.3. The first-order chi connectivity index (χ1) is 5.29. The lowest BCUT2D eigenvalue weighted by molar-refractivity contribution is -0.126. The van der Waals surface area contributed by atoms with Crippen molar-refractivity contribution in [3.05, 3.63) is 0 Å². The molecule has 1 aliphatic heterocycles. The average molecular weight is 153 g/mol. The summed E-state index contributed by atoms with van der Waals surface area (Å²) >= 11 is 0. The summed E-state index contributed by atoms with van der Waals surface area (Å²) in [4.78, 5) is 16.4. The second-order valence-electron chi connectivity index (χ2n) is 3.21. The van der Waals surface area contributed by atoms with Gasteiger partial charge in [0.25, 0.3) is 0 Å². The standard InChI is InChI=1S/C8H11NO2/c1-5-8-6(10)3-2-4-7(8)11-9-5/h7-8H,2-4H2,1H3. The first-order valence-electron chi connectivity index (χ1n) is 4.02. The van der Waals surface area contributed by atoms with Gasteiger partial charge in [0.2, 0.25) is 0 Å². The molecule has 0 N–H and O–H groups in total. The minimum Gasteiger partial charge on any atom is -0.391 e. The van der Waals surface area contributed by atoms with Crippen LogP contribution < -0.4 is 0 Å². The molecule has 0 aromatic rings. The fourth-order valence-corrected chi connectivity index (χ4v) is 1.83. The maximum absolute atomic E-state index is 11.3. The molecule has 1 aliphatic carbocycles. The molecular weight excluding hydrogens is 142 g/mol. The third-order valence-corrected chi connectivity index (χ3v) is 2.41. The molecule has 1 fully saturated rings. The van der Waals surface area contributed by atoms with Crippen LogP contribution in [0.3, 0.4) is 0 Å². The Morgan fingerprint density at radius 2 is 2.45 bits per heavy atom. The molecule has 2 atom stereocenters. The average Bonchev–Trinajstić information content (AvgIpc) is 2.34. The van der Waals surface area contributed by atoms with Crippen molar-refractivity contribution in [1.82, 2.24) is 0 Å². The van der Waals surface area contributed by atoms with E-state index in [4.69, 9.17) is 4.84 Å². The highest BCUT2D eigenvalue weighted by molar-refractivity contribution is 6.05. The number of hydrogen-bond donors (Lipinski definition) is 0. The highest BCUT2D eigenvalue weighted by Crippen LogP contribution is 2.29. The van der Waals surface area contributed by atoms with Crippen LogP contribution in [0.25, 0.3) is 0 Å². The molecule has 2 unspecified atom stereocenters. The first-order valence-corrected chi connectivity index (χ1v) is 4.02. The van der Waals surface area contributed by atoms with Gasteiger partial charge in [-0.3, -0.25) is 4.79 Å². The van der Waals surface area contributed by atoms with E-state index in [1.807, 2.05) is 6.92 Å². The molecule has 0 aromatic heterocycles. The fourth-order valence-electron chi connectivity index (χ4n) is 1.83. The molecule has 0 bridgehead atoms. The van der Waals surface area contributed by atoms with Crippen molar-refractivity contribution in [1.29, 1.82) is 0 Å². The van der Waals surface area contributed by atoms with Crippen molar-refractivity contribution >= 4 is 11.5 Å². The molecule has 3 heteroatoms. The van der Waals surface area contributed by atoms with Crippen molar-refractivity contribution < 1.29 is 9.63 Å². The number of nitrogens with zero attached hydrogens (tertiary/aromatic N) is 1. The van der Waals surface area contributed by atoms with Gasteiger partial charge in [0.1, 0.15) is 11.9 Å². The van der Waals surface area contributed by atoms with E-state index >= 15 is 0 Å². The summed E-state index contributed by atoms with van der Waals surface area (Å²) in [7, 11) is 0. The number of hydrogen-bond acceptors (Lipinski definition) is 3. The van der Waals surface area contributed by atoms with E-state index in [1.165, 1.54) is 0 Å². The molecule has 1 heterocycles. The van der Waals surface area contributed by atoms with Crippen LogP contribution in [0.15, 0.2) is 5.16 Å². The Bertz CT molecular complexity index is 222. The van der Waals surface area contributed by atoms with Crippen LogP contribution in [0.2, 0.25) is 0 Å². The number of Topliss-reactive ketones (excluding diaryl/α,β-unsaturated/α-hetero) is 1.